The summed E-state index contributed by atoms with van der Waals surface area (Å²) in [6, 6.07) is 7.43. The van der Waals surface area contributed by atoms with E-state index in [1.54, 1.807) is 13.0 Å². The summed E-state index contributed by atoms with van der Waals surface area (Å²) in [5, 5.41) is 8.95. The number of likely N-dealkylation sites (tertiary alicyclic amines) is 1. The summed E-state index contributed by atoms with van der Waals surface area (Å²) in [7, 11) is 0. The monoisotopic (exact) mass is 316 g/mol. The lowest BCUT2D eigenvalue weighted by Crippen LogP contribution is -2.39. The first kappa shape index (κ1) is 17.5. The Kier molecular flexibility index (Phi) is 5.76. The van der Waals surface area contributed by atoms with Crippen molar-refractivity contribution in [3.63, 3.8) is 0 Å². The van der Waals surface area contributed by atoms with Gasteiger partial charge < -0.3 is 4.90 Å². The van der Waals surface area contributed by atoms with Crippen molar-refractivity contribution >= 4 is 5.91 Å². The van der Waals surface area contributed by atoms with Crippen LogP contribution in [0, 0.1) is 35.9 Å². The van der Waals surface area contributed by atoms with Crippen molar-refractivity contribution < 1.29 is 9.18 Å². The molecule has 0 radical (unpaired) electrons. The average molecular weight is 316 g/mol. The number of halogens is 1. The quantitative estimate of drug-likeness (QED) is 0.842. The van der Waals surface area contributed by atoms with Gasteiger partial charge in [-0.3, -0.25) is 4.79 Å². The minimum Gasteiger partial charge on any atom is -0.343 e. The molecule has 1 aromatic carbocycles. The molecule has 1 aromatic rings. The fourth-order valence-corrected chi connectivity index (χ4v) is 3.21. The first-order chi connectivity index (χ1) is 10.9. The largest absolute Gasteiger partial charge is 0.343 e. The number of hydrogen-bond acceptors (Lipinski definition) is 2. The number of rotatable bonds is 4. The molecular weight excluding hydrogens is 291 g/mol. The minimum atomic E-state index is -0.207. The fraction of sp³-hybridized carbons (Fsp3) is 0.579. The van der Waals surface area contributed by atoms with Gasteiger partial charge in [-0.15, -0.1) is 0 Å². The lowest BCUT2D eigenvalue weighted by atomic mass is 9.84. The molecule has 1 fully saturated rings. The molecule has 0 aromatic heterocycles. The molecular formula is C19H25FN2O. The van der Waals surface area contributed by atoms with Crippen molar-refractivity contribution in [2.45, 2.75) is 46.0 Å². The van der Waals surface area contributed by atoms with Gasteiger partial charge in [0.1, 0.15) is 5.82 Å². The van der Waals surface area contributed by atoms with E-state index in [0.717, 1.165) is 18.4 Å². The third-order valence-electron chi connectivity index (χ3n) is 4.84. The zero-order valence-corrected chi connectivity index (χ0v) is 14.2. The van der Waals surface area contributed by atoms with Crippen molar-refractivity contribution in [1.29, 1.82) is 5.26 Å². The number of amides is 1. The Hall–Kier alpha value is -1.89. The van der Waals surface area contributed by atoms with E-state index in [1.165, 1.54) is 6.07 Å². The molecule has 1 amide bonds. The molecule has 0 spiro atoms. The summed E-state index contributed by atoms with van der Waals surface area (Å²) in [6.07, 6.45) is 1.98. The second kappa shape index (κ2) is 7.59. The van der Waals surface area contributed by atoms with E-state index in [0.29, 0.717) is 31.0 Å². The maximum atomic E-state index is 13.5. The van der Waals surface area contributed by atoms with Crippen LogP contribution in [0.5, 0.6) is 0 Å². The van der Waals surface area contributed by atoms with E-state index < -0.39 is 0 Å². The van der Waals surface area contributed by atoms with Crippen molar-refractivity contribution in [2.75, 3.05) is 13.1 Å². The van der Waals surface area contributed by atoms with Crippen LogP contribution in [0.15, 0.2) is 18.2 Å². The summed E-state index contributed by atoms with van der Waals surface area (Å²) < 4.78 is 13.5. The molecule has 124 valence electrons. The molecule has 1 aliphatic heterocycles. The summed E-state index contributed by atoms with van der Waals surface area (Å²) in [5.74, 6) is 0.416. The Morgan fingerprint density at radius 1 is 1.39 bits per heavy atom. The Balaban J connectivity index is 2.06. The molecule has 23 heavy (non-hydrogen) atoms. The van der Waals surface area contributed by atoms with Gasteiger partial charge in [0, 0.05) is 25.4 Å². The molecule has 1 atom stereocenters. The van der Waals surface area contributed by atoms with E-state index in [1.807, 2.05) is 11.0 Å². The Morgan fingerprint density at radius 3 is 2.57 bits per heavy atom. The van der Waals surface area contributed by atoms with Gasteiger partial charge in [-0.2, -0.15) is 5.26 Å². The molecule has 4 heteroatoms. The van der Waals surface area contributed by atoms with E-state index in [9.17, 15) is 9.18 Å². The third kappa shape index (κ3) is 4.31. The second-order valence-electron chi connectivity index (χ2n) is 6.85. The lowest BCUT2D eigenvalue weighted by molar-refractivity contribution is -0.133. The number of nitrogens with zero attached hydrogens (tertiary/aromatic N) is 2. The maximum Gasteiger partial charge on any atom is 0.223 e. The van der Waals surface area contributed by atoms with Gasteiger partial charge in [-0.05, 0) is 48.8 Å². The van der Waals surface area contributed by atoms with Crippen LogP contribution < -0.4 is 0 Å². The Labute approximate surface area is 138 Å². The number of benzene rings is 1. The number of nitriles is 1. The van der Waals surface area contributed by atoms with Crippen LogP contribution in [0.3, 0.4) is 0 Å². The minimum absolute atomic E-state index is 0.0830. The molecule has 0 saturated carbocycles. The first-order valence-corrected chi connectivity index (χ1v) is 8.35. The molecule has 0 N–H and O–H groups in total. The molecule has 0 aliphatic carbocycles. The van der Waals surface area contributed by atoms with Crippen molar-refractivity contribution in [3.8, 4) is 6.07 Å². The van der Waals surface area contributed by atoms with Crippen molar-refractivity contribution in [2.24, 2.45) is 11.8 Å². The van der Waals surface area contributed by atoms with Gasteiger partial charge in [-0.25, -0.2) is 4.39 Å². The zero-order valence-electron chi connectivity index (χ0n) is 14.2. The van der Waals surface area contributed by atoms with Crippen LogP contribution in [0.4, 0.5) is 4.39 Å². The van der Waals surface area contributed by atoms with E-state index >= 15 is 0 Å². The predicted molar refractivity (Wildman–Crippen MR) is 88.3 cm³/mol. The Bertz CT molecular complexity index is 598. The third-order valence-corrected chi connectivity index (χ3v) is 4.84. The van der Waals surface area contributed by atoms with Gasteiger partial charge in [0.05, 0.1) is 6.07 Å². The number of aryl methyl sites for hydroxylation is 1. The number of carbonyl (C=O) groups excluding carboxylic acids is 1. The molecule has 1 aliphatic rings. The van der Waals surface area contributed by atoms with Crippen molar-refractivity contribution in [3.05, 3.63) is 35.1 Å². The van der Waals surface area contributed by atoms with Crippen LogP contribution in [-0.4, -0.2) is 23.9 Å². The van der Waals surface area contributed by atoms with E-state index in [-0.39, 0.29) is 23.6 Å². The number of hydrogen-bond donors (Lipinski definition) is 0. The van der Waals surface area contributed by atoms with E-state index in [4.69, 9.17) is 5.26 Å². The highest BCUT2D eigenvalue weighted by atomic mass is 19.1. The summed E-state index contributed by atoms with van der Waals surface area (Å²) in [6.45, 7) is 7.29. The highest BCUT2D eigenvalue weighted by Gasteiger charge is 2.26. The molecule has 3 nitrogen and oxygen atoms in total. The van der Waals surface area contributed by atoms with Crippen molar-refractivity contribution in [1.82, 2.24) is 4.90 Å². The molecule has 0 bridgehead atoms. The van der Waals surface area contributed by atoms with E-state index in [2.05, 4.69) is 19.9 Å². The zero-order chi connectivity index (χ0) is 17.0. The van der Waals surface area contributed by atoms with Crippen LogP contribution >= 0.6 is 0 Å². The summed E-state index contributed by atoms with van der Waals surface area (Å²) in [4.78, 5) is 14.5. The highest BCUT2D eigenvalue weighted by molar-refractivity contribution is 5.77. The number of carbonyl (C=O) groups is 1. The van der Waals surface area contributed by atoms with Crippen LogP contribution in [0.2, 0.25) is 0 Å². The lowest BCUT2D eigenvalue weighted by Gasteiger charge is -2.31. The van der Waals surface area contributed by atoms with Gasteiger partial charge in [0.25, 0.3) is 0 Å². The predicted octanol–water partition coefficient (Wildman–Crippen LogP) is 4.03. The van der Waals surface area contributed by atoms with Crippen LogP contribution in [-0.2, 0) is 4.79 Å². The molecule has 1 saturated heterocycles. The fourth-order valence-electron chi connectivity index (χ4n) is 3.21. The molecule has 1 unspecified atom stereocenters. The molecule has 2 rings (SSSR count). The van der Waals surface area contributed by atoms with Gasteiger partial charge in [0.2, 0.25) is 5.91 Å². The smallest absolute Gasteiger partial charge is 0.223 e. The Morgan fingerprint density at radius 2 is 2.04 bits per heavy atom. The van der Waals surface area contributed by atoms with Crippen LogP contribution in [0.25, 0.3) is 0 Å². The number of piperidine rings is 1. The summed E-state index contributed by atoms with van der Waals surface area (Å²) >= 11 is 0. The topological polar surface area (TPSA) is 44.1 Å². The summed E-state index contributed by atoms with van der Waals surface area (Å²) in [5.41, 5.74) is 1.65. The maximum absolute atomic E-state index is 13.5. The van der Waals surface area contributed by atoms with Gasteiger partial charge >= 0.3 is 0 Å². The van der Waals surface area contributed by atoms with Gasteiger partial charge in [0.15, 0.2) is 0 Å². The highest BCUT2D eigenvalue weighted by Crippen LogP contribution is 2.30. The standard InChI is InChI=1S/C19H25FN2O/c1-13(2)17(16-4-5-18(20)14(3)10-16)11-19(23)22-8-6-15(12-21)7-9-22/h4-5,10,13,15,17H,6-9,11H2,1-3H3. The second-order valence-corrected chi connectivity index (χ2v) is 6.85. The average Bonchev–Trinajstić information content (AvgIpc) is 2.55. The van der Waals surface area contributed by atoms with Crippen LogP contribution in [0.1, 0.15) is 50.2 Å². The normalized spacial score (nSPS) is 17.1. The molecule has 1 heterocycles. The SMILES string of the molecule is Cc1cc(C(CC(=O)N2CCC(C#N)CC2)C(C)C)ccc1F. The van der Waals surface area contributed by atoms with Gasteiger partial charge in [-0.1, -0.05) is 26.0 Å². The first-order valence-electron chi connectivity index (χ1n) is 8.35.